The normalized spacial score (nSPS) is 33.9. The topological polar surface area (TPSA) is 271 Å². The summed E-state index contributed by atoms with van der Waals surface area (Å²) >= 11 is 0. The number of benzene rings is 2. The Bertz CT molecular complexity index is 2860. The lowest BCUT2D eigenvalue weighted by Crippen LogP contribution is -2.60. The number of aliphatic hydroxyl groups excluding tert-OH is 2. The maximum atomic E-state index is 14.5. The Labute approximate surface area is 511 Å². The van der Waals surface area contributed by atoms with Gasteiger partial charge in [0.2, 0.25) is 15.9 Å². The largest absolute Gasteiger partial charge is 0.459 e. The average Bonchev–Trinajstić information content (AvgIpc) is 2.52. The minimum Gasteiger partial charge on any atom is -0.459 e. The van der Waals surface area contributed by atoms with Crippen LogP contribution in [0.3, 0.4) is 0 Å². The molecular weight excluding hydrogens is 1160 g/mol. The first kappa shape index (κ1) is 71.4. The smallest absolute Gasteiger partial charge is 0.435 e. The number of esters is 1. The minimum atomic E-state index is -4.72. The summed E-state index contributed by atoms with van der Waals surface area (Å²) in [6.45, 7) is 19.4. The summed E-state index contributed by atoms with van der Waals surface area (Å²) in [6, 6.07) is 12.6. The number of methoxy groups -OCH3 is 1. The molecule has 0 bridgehead atoms. The molecule has 3 aliphatic rings. The van der Waals surface area contributed by atoms with Crippen molar-refractivity contribution in [2.24, 2.45) is 28.8 Å². The number of alkyl halides is 3. The Morgan fingerprint density at radius 1 is 0.897 bits per heavy atom. The molecule has 2 aromatic carbocycles. The van der Waals surface area contributed by atoms with Gasteiger partial charge in [0.05, 0.1) is 75.7 Å². The molecule has 490 valence electrons. The van der Waals surface area contributed by atoms with Crippen LogP contribution < -0.4 is 10.0 Å². The van der Waals surface area contributed by atoms with Gasteiger partial charge in [-0.3, -0.25) is 9.59 Å². The van der Waals surface area contributed by atoms with E-state index in [0.717, 1.165) is 16.3 Å². The van der Waals surface area contributed by atoms with E-state index in [-0.39, 0.29) is 67.3 Å². The molecule has 4 heterocycles. The standard InChI is InChI=1S/C62H95F3N6O15S/c1-15-49-59(9,76)32-37(3)52(69-81-29-19-17-16-18-28-66-50(72)35-67-87(78,79)45-26-24-44(25-27-45)71-46(31-48(68-71)62(63,64)65)43-22-20-36(2)21-23-43)38(4)33-60(10,77)56(86-58-53(73)47(70(12)13)30-39(5)82-58)40(6)54(41(7)57(75)84-49)85-51-34-61(11,80-14)55(74)42(8)83-51/h20-27,31,37-42,47,49,51,53-56,58,67,73-74,76-77H,15-19,28-30,32-35H2,1-14H3,(H,66,72)/b69-52+/t37-,38-,39-,40-,41-,42+,47+,49-,51?,53-,54+,55+,56-,58+,59+,60-,61-/m1/s1. The van der Waals surface area contributed by atoms with E-state index in [1.807, 2.05) is 53.6 Å². The zero-order chi connectivity index (χ0) is 64.6. The first-order chi connectivity index (χ1) is 40.6. The Morgan fingerprint density at radius 3 is 2.14 bits per heavy atom. The maximum Gasteiger partial charge on any atom is 0.435 e. The highest BCUT2D eigenvalue weighted by Crippen LogP contribution is 2.42. The number of amides is 1. The van der Waals surface area contributed by atoms with Crippen LogP contribution in [0.4, 0.5) is 13.2 Å². The monoisotopic (exact) mass is 1250 g/mol. The van der Waals surface area contributed by atoms with Crippen LogP contribution in [-0.4, -0.2) is 180 Å². The number of oxime groups is 1. The SMILES string of the molecule is CC[C@H]1OC(=O)[C@H](C)[C@@H](OC2C[C@@](C)(OC)[C@@H](O)[C@H](C)O2)[C@@H](C)[C@@H](O[C@@H]2O[C@H](C)C[C@H](N(C)C)[C@H]2O)[C@](C)(O)C[C@@H](C)/C(=N/OCCCCCCNC(=O)CNS(=O)(=O)c2ccc(-n3nc(C(F)(F)F)cc3-c3ccc(C)cc3)cc2)[C@H](C)C[C@]1(C)O. The molecule has 1 amide bonds. The van der Waals surface area contributed by atoms with Gasteiger partial charge in [-0.1, -0.05) is 69.1 Å². The van der Waals surface area contributed by atoms with E-state index >= 15 is 0 Å². The second kappa shape index (κ2) is 30.0. The van der Waals surface area contributed by atoms with Crippen molar-refractivity contribution in [2.45, 2.75) is 223 Å². The molecule has 3 saturated heterocycles. The van der Waals surface area contributed by atoms with Crippen molar-refractivity contribution in [3.63, 3.8) is 0 Å². The average molecular weight is 1250 g/mol. The lowest BCUT2D eigenvalue weighted by Gasteiger charge is -2.49. The molecule has 0 spiro atoms. The number of unbranched alkanes of at least 4 members (excludes halogenated alkanes) is 3. The fraction of sp³-hybridized carbons (Fsp3) is 0.710. The highest BCUT2D eigenvalue weighted by Gasteiger charge is 2.52. The van der Waals surface area contributed by atoms with Crippen LogP contribution in [0.2, 0.25) is 0 Å². The third kappa shape index (κ3) is 18.3. The third-order valence-electron chi connectivity index (χ3n) is 17.4. The Hall–Kier alpha value is -4.64. The van der Waals surface area contributed by atoms with Crippen LogP contribution in [0.1, 0.15) is 138 Å². The van der Waals surface area contributed by atoms with Gasteiger partial charge in [-0.2, -0.15) is 18.3 Å². The molecule has 0 aliphatic carbocycles. The van der Waals surface area contributed by atoms with Crippen molar-refractivity contribution < 1.29 is 84.9 Å². The van der Waals surface area contributed by atoms with Crippen molar-refractivity contribution in [2.75, 3.05) is 40.9 Å². The molecule has 3 aromatic rings. The molecular formula is C62H95F3N6O15S. The third-order valence-corrected chi connectivity index (χ3v) is 18.8. The van der Waals surface area contributed by atoms with Crippen LogP contribution in [0, 0.1) is 30.6 Å². The molecule has 3 aliphatic heterocycles. The number of carbonyl (C=O) groups is 2. The predicted octanol–water partition coefficient (Wildman–Crippen LogP) is 7.45. The molecule has 0 saturated carbocycles. The molecule has 3 fully saturated rings. The number of nitrogens with zero attached hydrogens (tertiary/aromatic N) is 4. The van der Waals surface area contributed by atoms with Crippen molar-refractivity contribution in [3.05, 3.63) is 65.9 Å². The minimum absolute atomic E-state index is 0.0283. The summed E-state index contributed by atoms with van der Waals surface area (Å²) in [5.74, 6) is -4.11. The lowest BCUT2D eigenvalue weighted by molar-refractivity contribution is -0.317. The molecule has 1 aromatic heterocycles. The Balaban J connectivity index is 1.10. The summed E-state index contributed by atoms with van der Waals surface area (Å²) in [4.78, 5) is 35.0. The molecule has 25 heteroatoms. The van der Waals surface area contributed by atoms with Crippen LogP contribution in [0.25, 0.3) is 16.9 Å². The number of cyclic esters (lactones) is 1. The van der Waals surface area contributed by atoms with Gasteiger partial charge in [0, 0.05) is 49.4 Å². The highest BCUT2D eigenvalue weighted by atomic mass is 32.2. The van der Waals surface area contributed by atoms with Gasteiger partial charge < -0.3 is 63.9 Å². The lowest BCUT2D eigenvalue weighted by atomic mass is 9.74. The van der Waals surface area contributed by atoms with E-state index in [1.54, 1.807) is 65.8 Å². The number of hydrogen-bond donors (Lipinski definition) is 6. The fourth-order valence-electron chi connectivity index (χ4n) is 12.4. The summed E-state index contributed by atoms with van der Waals surface area (Å²) < 4.78 is 109. The molecule has 21 nitrogen and oxygen atoms in total. The van der Waals surface area contributed by atoms with Crippen LogP contribution in [-0.2, 0) is 59.0 Å². The van der Waals surface area contributed by atoms with Gasteiger partial charge >= 0.3 is 12.1 Å². The fourth-order valence-corrected chi connectivity index (χ4v) is 13.4. The molecule has 0 radical (unpaired) electrons. The molecule has 6 N–H and O–H groups in total. The van der Waals surface area contributed by atoms with E-state index in [1.165, 1.54) is 31.4 Å². The summed E-state index contributed by atoms with van der Waals surface area (Å²) in [6.07, 6.45) is -9.87. The summed E-state index contributed by atoms with van der Waals surface area (Å²) in [5, 5.41) is 59.2. The first-order valence-corrected chi connectivity index (χ1v) is 31.8. The number of likely N-dealkylation sites (N-methyl/N-ethyl adjacent to an activating group) is 1. The van der Waals surface area contributed by atoms with Gasteiger partial charge in [-0.05, 0) is 138 Å². The number of carbonyl (C=O) groups excluding carboxylic acids is 2. The maximum absolute atomic E-state index is 14.5. The van der Waals surface area contributed by atoms with Gasteiger partial charge in [-0.15, -0.1) is 0 Å². The number of aliphatic hydroxyl groups is 4. The van der Waals surface area contributed by atoms with Crippen LogP contribution >= 0.6 is 0 Å². The molecule has 87 heavy (non-hydrogen) atoms. The van der Waals surface area contributed by atoms with E-state index in [0.29, 0.717) is 43.4 Å². The zero-order valence-corrected chi connectivity index (χ0v) is 53.7. The number of aromatic nitrogens is 2. The predicted molar refractivity (Wildman–Crippen MR) is 319 cm³/mol. The van der Waals surface area contributed by atoms with Crippen LogP contribution in [0.5, 0.6) is 0 Å². The van der Waals surface area contributed by atoms with Crippen molar-refractivity contribution in [3.8, 4) is 16.9 Å². The van der Waals surface area contributed by atoms with Gasteiger partial charge in [0.25, 0.3) is 0 Å². The number of rotatable bonds is 21. The number of halogens is 3. The molecule has 17 atom stereocenters. The van der Waals surface area contributed by atoms with E-state index in [2.05, 4.69) is 20.3 Å². The second-order valence-electron chi connectivity index (χ2n) is 25.2. The second-order valence-corrected chi connectivity index (χ2v) is 27.0. The van der Waals surface area contributed by atoms with E-state index in [4.69, 9.17) is 33.3 Å². The van der Waals surface area contributed by atoms with E-state index in [9.17, 15) is 51.6 Å². The van der Waals surface area contributed by atoms with Gasteiger partial charge in [-0.25, -0.2) is 17.8 Å². The number of nitrogens with one attached hydrogen (secondary N) is 2. The first-order valence-electron chi connectivity index (χ1n) is 30.3. The Kier molecular flexibility index (Phi) is 24.6. The van der Waals surface area contributed by atoms with Gasteiger partial charge in [0.15, 0.2) is 18.3 Å². The van der Waals surface area contributed by atoms with Crippen molar-refractivity contribution >= 4 is 27.6 Å². The van der Waals surface area contributed by atoms with Crippen molar-refractivity contribution in [1.82, 2.24) is 24.7 Å². The van der Waals surface area contributed by atoms with Gasteiger partial charge in [0.1, 0.15) is 24.9 Å². The number of aryl methyl sites for hydroxylation is 1. The summed E-state index contributed by atoms with van der Waals surface area (Å²) in [5.41, 5.74) is -3.21. The number of ether oxygens (including phenoxy) is 6. The van der Waals surface area contributed by atoms with Crippen molar-refractivity contribution in [1.29, 1.82) is 0 Å². The Morgan fingerprint density at radius 2 is 1.53 bits per heavy atom. The molecule has 1 unspecified atom stereocenters. The van der Waals surface area contributed by atoms with Crippen LogP contribution in [0.15, 0.2) is 64.6 Å². The van der Waals surface area contributed by atoms with E-state index < -0.39 is 130 Å². The number of hydrogen-bond acceptors (Lipinski definition) is 18. The highest BCUT2D eigenvalue weighted by molar-refractivity contribution is 7.89. The number of sulfonamides is 1. The molecule has 6 rings (SSSR count). The zero-order valence-electron chi connectivity index (χ0n) is 52.9. The summed E-state index contributed by atoms with van der Waals surface area (Å²) in [7, 11) is 1.01. The quantitative estimate of drug-likeness (QED) is 0.0343.